The third kappa shape index (κ3) is 1.95. The minimum absolute atomic E-state index is 0.0810. The van der Waals surface area contributed by atoms with Crippen LogP contribution in [-0.4, -0.2) is 40.6 Å². The van der Waals surface area contributed by atoms with Gasteiger partial charge in [-0.05, 0) is 12.8 Å². The highest BCUT2D eigenvalue weighted by Gasteiger charge is 2.61. The van der Waals surface area contributed by atoms with Crippen LogP contribution in [0.25, 0.3) is 0 Å². The molecule has 102 valence electrons. The fourth-order valence-electron chi connectivity index (χ4n) is 3.17. The standard InChI is InChI=1S/C11H14F3NO3/c12-11(13,14)9(18)15-6-10(7(15)8(16)17)4-2-1-3-5-10/h7H,1-6H2,(H,16,17). The molecule has 1 saturated heterocycles. The van der Waals surface area contributed by atoms with E-state index in [4.69, 9.17) is 5.11 Å². The third-order valence-electron chi connectivity index (χ3n) is 3.96. The van der Waals surface area contributed by atoms with Crippen molar-refractivity contribution in [2.24, 2.45) is 5.41 Å². The Balaban J connectivity index is 2.17. The summed E-state index contributed by atoms with van der Waals surface area (Å²) in [6, 6.07) is -1.31. The molecule has 1 saturated carbocycles. The van der Waals surface area contributed by atoms with Crippen LogP contribution in [0.5, 0.6) is 0 Å². The number of nitrogens with zero attached hydrogens (tertiary/aromatic N) is 1. The largest absolute Gasteiger partial charge is 0.480 e. The van der Waals surface area contributed by atoms with Crippen molar-refractivity contribution in [3.63, 3.8) is 0 Å². The Kier molecular flexibility index (Phi) is 3.03. The number of carboxylic acid groups (broad SMARTS) is 1. The van der Waals surface area contributed by atoms with Crippen molar-refractivity contribution in [2.75, 3.05) is 6.54 Å². The smallest absolute Gasteiger partial charge is 0.471 e. The molecule has 1 atom stereocenters. The molecule has 0 bridgehead atoms. The van der Waals surface area contributed by atoms with Gasteiger partial charge in [0.15, 0.2) is 0 Å². The molecular formula is C11H14F3NO3. The van der Waals surface area contributed by atoms with Gasteiger partial charge in [-0.15, -0.1) is 0 Å². The van der Waals surface area contributed by atoms with Gasteiger partial charge in [-0.1, -0.05) is 19.3 Å². The van der Waals surface area contributed by atoms with Crippen LogP contribution >= 0.6 is 0 Å². The normalized spacial score (nSPS) is 26.8. The number of aliphatic carboxylic acids is 1. The Labute approximate surface area is 102 Å². The first kappa shape index (κ1) is 13.2. The van der Waals surface area contributed by atoms with Gasteiger partial charge < -0.3 is 10.0 Å². The molecule has 1 amide bonds. The second-order valence-electron chi connectivity index (χ2n) is 5.09. The van der Waals surface area contributed by atoms with Gasteiger partial charge >= 0.3 is 18.1 Å². The summed E-state index contributed by atoms with van der Waals surface area (Å²) in [4.78, 5) is 22.7. The molecule has 1 aliphatic carbocycles. The maximum absolute atomic E-state index is 12.3. The van der Waals surface area contributed by atoms with Gasteiger partial charge in [-0.25, -0.2) is 4.79 Å². The summed E-state index contributed by atoms with van der Waals surface area (Å²) >= 11 is 0. The van der Waals surface area contributed by atoms with Crippen LogP contribution in [0.1, 0.15) is 32.1 Å². The average Bonchev–Trinajstić information content (AvgIpc) is 2.24. The topological polar surface area (TPSA) is 57.6 Å². The number of halogens is 3. The van der Waals surface area contributed by atoms with Crippen LogP contribution in [-0.2, 0) is 9.59 Å². The lowest BCUT2D eigenvalue weighted by Crippen LogP contribution is -2.71. The number of carbonyl (C=O) groups excluding carboxylic acids is 1. The summed E-state index contributed by atoms with van der Waals surface area (Å²) in [6.45, 7) is -0.0810. The van der Waals surface area contributed by atoms with Crippen LogP contribution in [0.4, 0.5) is 13.2 Å². The van der Waals surface area contributed by atoms with Crippen molar-refractivity contribution >= 4 is 11.9 Å². The minimum atomic E-state index is -5.00. The lowest BCUT2D eigenvalue weighted by molar-refractivity contribution is -0.212. The molecule has 1 unspecified atom stereocenters. The van der Waals surface area contributed by atoms with Crippen molar-refractivity contribution in [2.45, 2.75) is 44.3 Å². The molecule has 7 heteroatoms. The molecule has 4 nitrogen and oxygen atoms in total. The van der Waals surface area contributed by atoms with Crippen LogP contribution in [0.2, 0.25) is 0 Å². The average molecular weight is 265 g/mol. The molecule has 0 aromatic carbocycles. The Morgan fingerprint density at radius 1 is 1.17 bits per heavy atom. The zero-order valence-electron chi connectivity index (χ0n) is 9.66. The maximum Gasteiger partial charge on any atom is 0.471 e. The molecule has 0 aromatic rings. The predicted molar refractivity (Wildman–Crippen MR) is 54.7 cm³/mol. The van der Waals surface area contributed by atoms with E-state index < -0.39 is 29.5 Å². The lowest BCUT2D eigenvalue weighted by atomic mass is 9.62. The summed E-state index contributed by atoms with van der Waals surface area (Å²) in [6.07, 6.45) is -1.21. The van der Waals surface area contributed by atoms with Crippen molar-refractivity contribution in [3.8, 4) is 0 Å². The summed E-state index contributed by atoms with van der Waals surface area (Å²) in [5.74, 6) is -3.37. The van der Waals surface area contributed by atoms with E-state index in [1.54, 1.807) is 0 Å². The monoisotopic (exact) mass is 265 g/mol. The molecule has 2 rings (SSSR count). The molecule has 1 heterocycles. The first-order valence-electron chi connectivity index (χ1n) is 5.88. The first-order chi connectivity index (χ1) is 8.28. The molecular weight excluding hydrogens is 251 g/mol. The molecule has 1 spiro atoms. The number of alkyl halides is 3. The Bertz CT molecular complexity index is 374. The second-order valence-corrected chi connectivity index (χ2v) is 5.09. The van der Waals surface area contributed by atoms with Crippen molar-refractivity contribution in [1.29, 1.82) is 0 Å². The van der Waals surface area contributed by atoms with E-state index in [9.17, 15) is 22.8 Å². The number of carboxylic acids is 1. The first-order valence-corrected chi connectivity index (χ1v) is 5.88. The minimum Gasteiger partial charge on any atom is -0.480 e. The van der Waals surface area contributed by atoms with Crippen molar-refractivity contribution < 1.29 is 27.9 Å². The molecule has 1 aliphatic heterocycles. The Morgan fingerprint density at radius 3 is 2.17 bits per heavy atom. The predicted octanol–water partition coefficient (Wildman–Crippen LogP) is 1.79. The van der Waals surface area contributed by atoms with Gasteiger partial charge in [-0.3, -0.25) is 4.79 Å². The van der Waals surface area contributed by atoms with Gasteiger partial charge in [-0.2, -0.15) is 13.2 Å². The SMILES string of the molecule is O=C(O)C1N(C(=O)C(F)(F)F)CC12CCCCC2. The highest BCUT2D eigenvalue weighted by molar-refractivity contribution is 5.89. The van der Waals surface area contributed by atoms with E-state index in [1.807, 2.05) is 0 Å². The highest BCUT2D eigenvalue weighted by Crippen LogP contribution is 2.50. The van der Waals surface area contributed by atoms with Gasteiger partial charge in [0, 0.05) is 12.0 Å². The van der Waals surface area contributed by atoms with E-state index in [-0.39, 0.29) is 6.54 Å². The van der Waals surface area contributed by atoms with Crippen molar-refractivity contribution in [1.82, 2.24) is 4.90 Å². The van der Waals surface area contributed by atoms with E-state index in [0.717, 1.165) is 19.3 Å². The van der Waals surface area contributed by atoms with Gasteiger partial charge in [0.05, 0.1) is 0 Å². The maximum atomic E-state index is 12.3. The number of rotatable bonds is 1. The number of carbonyl (C=O) groups is 2. The number of likely N-dealkylation sites (tertiary alicyclic amines) is 1. The summed E-state index contributed by atoms with van der Waals surface area (Å²) < 4.78 is 37.0. The molecule has 0 aromatic heterocycles. The fraction of sp³-hybridized carbons (Fsp3) is 0.818. The van der Waals surface area contributed by atoms with Crippen molar-refractivity contribution in [3.05, 3.63) is 0 Å². The van der Waals surface area contributed by atoms with Gasteiger partial charge in [0.25, 0.3) is 0 Å². The zero-order chi connectivity index (χ0) is 13.6. The van der Waals surface area contributed by atoms with Crippen LogP contribution < -0.4 is 0 Å². The van der Waals surface area contributed by atoms with E-state index in [0.29, 0.717) is 17.7 Å². The second kappa shape index (κ2) is 4.13. The number of hydrogen-bond donors (Lipinski definition) is 1. The summed E-state index contributed by atoms with van der Waals surface area (Å²) in [5, 5.41) is 9.07. The van der Waals surface area contributed by atoms with Gasteiger partial charge in [0.1, 0.15) is 6.04 Å². The quantitative estimate of drug-likeness (QED) is 0.786. The number of hydrogen-bond acceptors (Lipinski definition) is 2. The molecule has 18 heavy (non-hydrogen) atoms. The van der Waals surface area contributed by atoms with E-state index in [2.05, 4.69) is 0 Å². The molecule has 2 aliphatic rings. The Hall–Kier alpha value is -1.27. The summed E-state index contributed by atoms with van der Waals surface area (Å²) in [5.41, 5.74) is -0.634. The zero-order valence-corrected chi connectivity index (χ0v) is 9.66. The number of amides is 1. The Morgan fingerprint density at radius 2 is 1.72 bits per heavy atom. The third-order valence-corrected chi connectivity index (χ3v) is 3.96. The van der Waals surface area contributed by atoms with Crippen LogP contribution in [0, 0.1) is 5.41 Å². The highest BCUT2D eigenvalue weighted by atomic mass is 19.4. The summed E-state index contributed by atoms with van der Waals surface area (Å²) in [7, 11) is 0. The van der Waals surface area contributed by atoms with E-state index >= 15 is 0 Å². The fourth-order valence-corrected chi connectivity index (χ4v) is 3.17. The lowest BCUT2D eigenvalue weighted by Gasteiger charge is -2.57. The molecule has 0 radical (unpaired) electrons. The molecule has 2 fully saturated rings. The van der Waals surface area contributed by atoms with Gasteiger partial charge in [0.2, 0.25) is 0 Å². The van der Waals surface area contributed by atoms with Crippen LogP contribution in [0.3, 0.4) is 0 Å². The molecule has 1 N–H and O–H groups in total. The van der Waals surface area contributed by atoms with Crippen LogP contribution in [0.15, 0.2) is 0 Å². The van der Waals surface area contributed by atoms with E-state index in [1.165, 1.54) is 0 Å².